The van der Waals surface area contributed by atoms with Crippen molar-refractivity contribution in [3.63, 3.8) is 0 Å². The lowest BCUT2D eigenvalue weighted by molar-refractivity contribution is -0.135. The Kier molecular flexibility index (Phi) is 6.43. The zero-order chi connectivity index (χ0) is 20.2. The average Bonchev–Trinajstić information content (AvgIpc) is 2.96. The van der Waals surface area contributed by atoms with Crippen LogP contribution in [0, 0.1) is 5.92 Å². The highest BCUT2D eigenvalue weighted by atomic mass is 16.5. The fourth-order valence-electron chi connectivity index (χ4n) is 4.75. The first-order valence-corrected chi connectivity index (χ1v) is 10.8. The van der Waals surface area contributed by atoms with Crippen molar-refractivity contribution in [3.8, 4) is 0 Å². The summed E-state index contributed by atoms with van der Waals surface area (Å²) in [6, 6.07) is 10.8. The zero-order valence-electron chi connectivity index (χ0n) is 17.3. The Hall–Kier alpha value is -2.02. The predicted octanol–water partition coefficient (Wildman–Crippen LogP) is 2.41. The zero-order valence-corrected chi connectivity index (χ0v) is 17.3. The van der Waals surface area contributed by atoms with E-state index in [9.17, 15) is 4.79 Å². The van der Waals surface area contributed by atoms with Crippen molar-refractivity contribution in [2.24, 2.45) is 11.7 Å². The van der Waals surface area contributed by atoms with E-state index in [-0.39, 0.29) is 17.9 Å². The van der Waals surface area contributed by atoms with Crippen molar-refractivity contribution in [1.29, 1.82) is 0 Å². The van der Waals surface area contributed by atoms with Crippen LogP contribution in [0.5, 0.6) is 0 Å². The lowest BCUT2D eigenvalue weighted by Gasteiger charge is -2.36. The van der Waals surface area contributed by atoms with Gasteiger partial charge in [0.15, 0.2) is 0 Å². The largest absolute Gasteiger partial charge is 0.381 e. The number of hydrogen-bond donors (Lipinski definition) is 1. The fourth-order valence-corrected chi connectivity index (χ4v) is 4.75. The van der Waals surface area contributed by atoms with Crippen molar-refractivity contribution in [2.75, 3.05) is 33.4 Å². The van der Waals surface area contributed by atoms with Crippen LogP contribution in [0.1, 0.15) is 31.2 Å². The molecule has 0 saturated carbocycles. The van der Waals surface area contributed by atoms with Crippen LogP contribution < -0.4 is 5.73 Å². The Labute approximate surface area is 173 Å². The molecule has 1 amide bonds. The van der Waals surface area contributed by atoms with Gasteiger partial charge in [0, 0.05) is 63.6 Å². The Morgan fingerprint density at radius 2 is 1.97 bits per heavy atom. The number of pyridine rings is 1. The summed E-state index contributed by atoms with van der Waals surface area (Å²) in [5, 5.41) is 1.11. The molecule has 29 heavy (non-hydrogen) atoms. The van der Waals surface area contributed by atoms with Crippen LogP contribution in [-0.2, 0) is 16.1 Å². The maximum Gasteiger partial charge on any atom is 0.227 e. The smallest absolute Gasteiger partial charge is 0.227 e. The Balaban J connectivity index is 1.46. The molecule has 2 atom stereocenters. The van der Waals surface area contributed by atoms with Gasteiger partial charge in [0.05, 0.1) is 11.4 Å². The van der Waals surface area contributed by atoms with Gasteiger partial charge in [-0.15, -0.1) is 0 Å². The molecule has 0 spiro atoms. The van der Waals surface area contributed by atoms with Gasteiger partial charge in [-0.25, -0.2) is 0 Å². The molecule has 0 bridgehead atoms. The Morgan fingerprint density at radius 3 is 2.79 bits per heavy atom. The summed E-state index contributed by atoms with van der Waals surface area (Å²) in [5.74, 6) is 0.212. The van der Waals surface area contributed by atoms with Gasteiger partial charge in [0.25, 0.3) is 0 Å². The van der Waals surface area contributed by atoms with Gasteiger partial charge in [0.1, 0.15) is 0 Å². The highest BCUT2D eigenvalue weighted by Crippen LogP contribution is 2.25. The molecule has 0 aliphatic carbocycles. The number of hydrogen-bond acceptors (Lipinski definition) is 5. The van der Waals surface area contributed by atoms with Gasteiger partial charge in [-0.05, 0) is 37.3 Å². The number of aromatic nitrogens is 1. The molecular formula is C23H32N4O2. The van der Waals surface area contributed by atoms with E-state index in [4.69, 9.17) is 10.5 Å². The molecule has 1 aromatic heterocycles. The molecule has 4 rings (SSSR count). The van der Waals surface area contributed by atoms with E-state index in [0.29, 0.717) is 12.6 Å². The molecule has 2 saturated heterocycles. The number of rotatable bonds is 4. The second-order valence-corrected chi connectivity index (χ2v) is 8.52. The molecule has 1 aromatic carbocycles. The van der Waals surface area contributed by atoms with Crippen LogP contribution >= 0.6 is 0 Å². The van der Waals surface area contributed by atoms with Crippen molar-refractivity contribution >= 4 is 16.8 Å². The number of nitrogens with zero attached hydrogens (tertiary/aromatic N) is 3. The summed E-state index contributed by atoms with van der Waals surface area (Å²) in [6.45, 7) is 3.87. The van der Waals surface area contributed by atoms with Gasteiger partial charge < -0.3 is 15.4 Å². The molecule has 0 radical (unpaired) electrons. The number of likely N-dealkylation sites (tertiary alicyclic amines) is 1. The number of carbonyl (C=O) groups is 1. The van der Waals surface area contributed by atoms with Crippen LogP contribution in [0.2, 0.25) is 0 Å². The second kappa shape index (κ2) is 9.20. The summed E-state index contributed by atoms with van der Waals surface area (Å²) in [7, 11) is 1.91. The Morgan fingerprint density at radius 1 is 1.17 bits per heavy atom. The molecule has 0 unspecified atom stereocenters. The van der Waals surface area contributed by atoms with Crippen LogP contribution in [-0.4, -0.2) is 66.1 Å². The number of para-hydroxylation sites is 1. The minimum Gasteiger partial charge on any atom is -0.381 e. The van der Waals surface area contributed by atoms with E-state index < -0.39 is 0 Å². The molecule has 3 heterocycles. The van der Waals surface area contributed by atoms with Gasteiger partial charge in [0.2, 0.25) is 5.91 Å². The van der Waals surface area contributed by atoms with Crippen molar-refractivity contribution in [3.05, 3.63) is 42.1 Å². The molecule has 6 heteroatoms. The van der Waals surface area contributed by atoms with Crippen molar-refractivity contribution in [2.45, 2.75) is 44.3 Å². The maximum absolute atomic E-state index is 13.3. The third-order valence-corrected chi connectivity index (χ3v) is 6.37. The maximum atomic E-state index is 13.3. The third-order valence-electron chi connectivity index (χ3n) is 6.37. The van der Waals surface area contributed by atoms with E-state index in [1.165, 1.54) is 0 Å². The number of ether oxygens (including phenoxy) is 1. The first-order valence-electron chi connectivity index (χ1n) is 10.8. The molecule has 2 fully saturated rings. The summed E-state index contributed by atoms with van der Waals surface area (Å²) < 4.78 is 5.52. The molecule has 2 N–H and O–H groups in total. The quantitative estimate of drug-likeness (QED) is 0.859. The van der Waals surface area contributed by atoms with Crippen LogP contribution in [0.3, 0.4) is 0 Å². The molecular weight excluding hydrogens is 364 g/mol. The molecule has 2 aromatic rings. The fraction of sp³-hybridized carbons (Fsp3) is 0.565. The highest BCUT2D eigenvalue weighted by Gasteiger charge is 2.32. The molecule has 156 valence electrons. The lowest BCUT2D eigenvalue weighted by atomic mass is 9.99. The van der Waals surface area contributed by atoms with Crippen LogP contribution in [0.25, 0.3) is 10.9 Å². The average molecular weight is 397 g/mol. The minimum absolute atomic E-state index is 0.000620. The van der Waals surface area contributed by atoms with E-state index in [1.807, 2.05) is 30.3 Å². The number of nitrogens with two attached hydrogens (primary N) is 1. The third kappa shape index (κ3) is 4.77. The highest BCUT2D eigenvalue weighted by molar-refractivity contribution is 5.83. The molecule has 2 aliphatic rings. The second-order valence-electron chi connectivity index (χ2n) is 8.52. The van der Waals surface area contributed by atoms with Crippen LogP contribution in [0.4, 0.5) is 0 Å². The summed E-state index contributed by atoms with van der Waals surface area (Å²) >= 11 is 0. The number of amides is 1. The predicted molar refractivity (Wildman–Crippen MR) is 114 cm³/mol. The van der Waals surface area contributed by atoms with Crippen LogP contribution in [0.15, 0.2) is 36.5 Å². The number of benzene rings is 1. The normalized spacial score (nSPS) is 24.3. The molecule has 2 aliphatic heterocycles. The van der Waals surface area contributed by atoms with Gasteiger partial charge in [-0.1, -0.05) is 24.3 Å². The summed E-state index contributed by atoms with van der Waals surface area (Å²) in [5.41, 5.74) is 8.41. The standard InChI is InChI=1S/C23H32N4O2/c1-26(14-18-5-2-4-17-6-3-11-25-22(17)18)23(28)19-7-8-20(24)16-27(15-19)21-9-12-29-13-10-21/h2-6,11,19-21H,7-10,12-16,24H2,1H3/t19-,20+/m1/s1. The summed E-state index contributed by atoms with van der Waals surface area (Å²) in [6.07, 6.45) is 5.64. The van der Waals surface area contributed by atoms with E-state index >= 15 is 0 Å². The lowest BCUT2D eigenvalue weighted by Crippen LogP contribution is -2.47. The first-order chi connectivity index (χ1) is 14.1. The van der Waals surface area contributed by atoms with Gasteiger partial charge in [-0.2, -0.15) is 0 Å². The topological polar surface area (TPSA) is 71.7 Å². The minimum atomic E-state index is -0.000620. The van der Waals surface area contributed by atoms with Gasteiger partial charge in [-0.3, -0.25) is 14.7 Å². The van der Waals surface area contributed by atoms with Gasteiger partial charge >= 0.3 is 0 Å². The van der Waals surface area contributed by atoms with E-state index in [1.54, 1.807) is 0 Å². The van der Waals surface area contributed by atoms with Crippen molar-refractivity contribution in [1.82, 2.24) is 14.8 Å². The molecule has 6 nitrogen and oxygen atoms in total. The Bertz CT molecular complexity index is 831. The van der Waals surface area contributed by atoms with E-state index in [0.717, 1.165) is 68.5 Å². The monoisotopic (exact) mass is 396 g/mol. The SMILES string of the molecule is CN(Cc1cccc2cccnc12)C(=O)[C@@H]1CC[C@H](N)CN(C2CCOCC2)C1. The van der Waals surface area contributed by atoms with Crippen molar-refractivity contribution < 1.29 is 9.53 Å². The number of carbonyl (C=O) groups excluding carboxylic acids is 1. The summed E-state index contributed by atoms with van der Waals surface area (Å²) in [4.78, 5) is 22.2. The van der Waals surface area contributed by atoms with E-state index in [2.05, 4.69) is 28.1 Å². The number of fused-ring (bicyclic) bond motifs is 1. The first kappa shape index (κ1) is 20.3.